The monoisotopic (exact) mass is 451 g/mol. The number of benzene rings is 2. The van der Waals surface area contributed by atoms with E-state index in [1.54, 1.807) is 46.8 Å². The molecule has 1 atom stereocenters. The Morgan fingerprint density at radius 3 is 2.33 bits per heavy atom. The Kier molecular flexibility index (Phi) is 6.91. The molecule has 3 aromatic rings. The van der Waals surface area contributed by atoms with Crippen molar-refractivity contribution in [1.29, 1.82) is 0 Å². The lowest BCUT2D eigenvalue weighted by Crippen LogP contribution is -2.46. The summed E-state index contributed by atoms with van der Waals surface area (Å²) in [5, 5.41) is 3.17. The van der Waals surface area contributed by atoms with Crippen molar-refractivity contribution >= 4 is 23.0 Å². The molecule has 0 bridgehead atoms. The Morgan fingerprint density at radius 1 is 1.03 bits per heavy atom. The van der Waals surface area contributed by atoms with Crippen LogP contribution in [-0.2, 0) is 16.0 Å². The minimum atomic E-state index is -0.991. The summed E-state index contributed by atoms with van der Waals surface area (Å²) in [7, 11) is 0. The summed E-state index contributed by atoms with van der Waals surface area (Å²) >= 11 is 0. The van der Waals surface area contributed by atoms with Gasteiger partial charge in [-0.25, -0.2) is 14.4 Å². The van der Waals surface area contributed by atoms with Gasteiger partial charge in [0.05, 0.1) is 5.39 Å². The zero-order valence-corrected chi connectivity index (χ0v) is 19.8. The molecule has 1 N–H and O–H groups in total. The van der Waals surface area contributed by atoms with Crippen LogP contribution in [0.2, 0.25) is 0 Å². The highest BCUT2D eigenvalue weighted by Crippen LogP contribution is 2.31. The number of rotatable bonds is 5. The van der Waals surface area contributed by atoms with Crippen LogP contribution in [0.25, 0.3) is 11.0 Å². The number of aryl methyl sites for hydroxylation is 2. The van der Waals surface area contributed by atoms with Crippen molar-refractivity contribution in [2.45, 2.75) is 59.6 Å². The maximum atomic E-state index is 13.3. The van der Waals surface area contributed by atoms with Gasteiger partial charge in [-0.05, 0) is 70.4 Å². The predicted molar refractivity (Wildman–Crippen MR) is 126 cm³/mol. The minimum Gasteiger partial charge on any atom is -0.444 e. The third-order valence-electron chi connectivity index (χ3n) is 5.13. The van der Waals surface area contributed by atoms with E-state index in [0.29, 0.717) is 22.1 Å². The van der Waals surface area contributed by atoms with Crippen LogP contribution in [0.5, 0.6) is 5.75 Å². The van der Waals surface area contributed by atoms with E-state index in [9.17, 15) is 14.4 Å². The van der Waals surface area contributed by atoms with Gasteiger partial charge >= 0.3 is 17.7 Å². The molecular formula is C26H29NO6. The normalized spacial score (nSPS) is 12.3. The molecule has 2 aromatic carbocycles. The van der Waals surface area contributed by atoms with E-state index in [2.05, 4.69) is 5.32 Å². The molecule has 7 heteroatoms. The van der Waals surface area contributed by atoms with Gasteiger partial charge in [0.1, 0.15) is 23.0 Å². The molecule has 1 aromatic heterocycles. The molecule has 0 aliphatic carbocycles. The second-order valence-corrected chi connectivity index (χ2v) is 9.09. The number of ether oxygens (including phenoxy) is 2. The topological polar surface area (TPSA) is 94.8 Å². The van der Waals surface area contributed by atoms with Gasteiger partial charge in [-0.15, -0.1) is 0 Å². The number of fused-ring (bicyclic) bond motifs is 1. The zero-order valence-electron chi connectivity index (χ0n) is 19.8. The van der Waals surface area contributed by atoms with Crippen LogP contribution in [0.15, 0.2) is 51.7 Å². The van der Waals surface area contributed by atoms with Crippen LogP contribution in [0.1, 0.15) is 43.0 Å². The van der Waals surface area contributed by atoms with Gasteiger partial charge in [-0.1, -0.05) is 30.3 Å². The SMILES string of the molecule is Cc1cc(OC(=O)[C@H](Cc2ccccc2)NC(=O)OC(C)(C)C)c2c(C)c(C)c(=O)oc2c1. The van der Waals surface area contributed by atoms with Gasteiger partial charge in [0.25, 0.3) is 0 Å². The summed E-state index contributed by atoms with van der Waals surface area (Å²) in [5.74, 6) is -0.386. The van der Waals surface area contributed by atoms with Crippen LogP contribution in [0, 0.1) is 20.8 Å². The molecule has 1 amide bonds. The predicted octanol–water partition coefficient (Wildman–Crippen LogP) is 4.76. The van der Waals surface area contributed by atoms with Gasteiger partial charge in [0, 0.05) is 12.0 Å². The van der Waals surface area contributed by atoms with E-state index in [4.69, 9.17) is 13.9 Å². The molecule has 1 heterocycles. The lowest BCUT2D eigenvalue weighted by molar-refractivity contribution is -0.136. The minimum absolute atomic E-state index is 0.218. The van der Waals surface area contributed by atoms with E-state index >= 15 is 0 Å². The Bertz CT molecular complexity index is 1240. The fraction of sp³-hybridized carbons (Fsp3) is 0.346. The number of hydrogen-bond donors (Lipinski definition) is 1. The first-order chi connectivity index (χ1) is 15.4. The first-order valence-electron chi connectivity index (χ1n) is 10.7. The summed E-state index contributed by atoms with van der Waals surface area (Å²) in [6.07, 6.45) is -0.497. The van der Waals surface area contributed by atoms with Crippen molar-refractivity contribution in [3.05, 3.63) is 75.1 Å². The summed E-state index contributed by atoms with van der Waals surface area (Å²) in [6.45, 7) is 10.5. The lowest BCUT2D eigenvalue weighted by Gasteiger charge is -2.23. The molecule has 0 aliphatic rings. The smallest absolute Gasteiger partial charge is 0.408 e. The van der Waals surface area contributed by atoms with Gasteiger partial charge in [-0.3, -0.25) is 0 Å². The third-order valence-corrected chi connectivity index (χ3v) is 5.13. The number of alkyl carbamates (subject to hydrolysis) is 1. The maximum Gasteiger partial charge on any atom is 0.408 e. The van der Waals surface area contributed by atoms with Crippen LogP contribution < -0.4 is 15.7 Å². The van der Waals surface area contributed by atoms with Crippen LogP contribution in [0.4, 0.5) is 4.79 Å². The van der Waals surface area contributed by atoms with E-state index in [0.717, 1.165) is 11.1 Å². The summed E-state index contributed by atoms with van der Waals surface area (Å²) in [5.41, 5.74) is 1.91. The third kappa shape index (κ3) is 6.00. The summed E-state index contributed by atoms with van der Waals surface area (Å²) in [6, 6.07) is 11.7. The second kappa shape index (κ2) is 9.48. The van der Waals surface area contributed by atoms with Gasteiger partial charge in [-0.2, -0.15) is 0 Å². The summed E-state index contributed by atoms with van der Waals surface area (Å²) < 4.78 is 16.5. The number of hydrogen-bond acceptors (Lipinski definition) is 6. The molecule has 3 rings (SSSR count). The molecular weight excluding hydrogens is 422 g/mol. The zero-order chi connectivity index (χ0) is 24.3. The lowest BCUT2D eigenvalue weighted by atomic mass is 10.0. The number of carbonyl (C=O) groups is 2. The molecule has 0 spiro atoms. The Labute approximate surface area is 192 Å². The largest absolute Gasteiger partial charge is 0.444 e. The van der Waals surface area contributed by atoms with Gasteiger partial charge in [0.2, 0.25) is 0 Å². The molecule has 0 unspecified atom stereocenters. The Hall–Kier alpha value is -3.61. The van der Waals surface area contributed by atoms with Crippen molar-refractivity contribution in [2.24, 2.45) is 0 Å². The molecule has 0 saturated heterocycles. The van der Waals surface area contributed by atoms with Crippen molar-refractivity contribution in [2.75, 3.05) is 0 Å². The van der Waals surface area contributed by atoms with E-state index in [1.807, 2.05) is 37.3 Å². The standard InChI is InChI=1S/C26H29NO6/c1-15-12-20-22(16(2)17(3)23(28)31-20)21(13-15)32-24(29)19(14-18-10-8-7-9-11-18)27-25(30)33-26(4,5)6/h7-13,19H,14H2,1-6H3,(H,27,30)/t19-/m0/s1. The van der Waals surface area contributed by atoms with E-state index in [-0.39, 0.29) is 12.2 Å². The number of carbonyl (C=O) groups excluding carboxylic acids is 2. The molecule has 0 saturated carbocycles. The molecule has 33 heavy (non-hydrogen) atoms. The first-order valence-corrected chi connectivity index (χ1v) is 10.7. The first kappa shape index (κ1) is 24.0. The number of nitrogens with one attached hydrogen (secondary N) is 1. The van der Waals surface area contributed by atoms with Crippen LogP contribution >= 0.6 is 0 Å². The van der Waals surface area contributed by atoms with Crippen molar-refractivity contribution in [3.8, 4) is 5.75 Å². The molecule has 0 aliphatic heterocycles. The molecule has 0 fully saturated rings. The van der Waals surface area contributed by atoms with Crippen molar-refractivity contribution in [3.63, 3.8) is 0 Å². The number of esters is 1. The fourth-order valence-corrected chi connectivity index (χ4v) is 3.44. The highest BCUT2D eigenvalue weighted by molar-refractivity contribution is 5.92. The van der Waals surface area contributed by atoms with E-state index in [1.165, 1.54) is 0 Å². The van der Waals surface area contributed by atoms with Gasteiger partial charge < -0.3 is 19.2 Å². The van der Waals surface area contributed by atoms with Gasteiger partial charge in [0.15, 0.2) is 0 Å². The summed E-state index contributed by atoms with van der Waals surface area (Å²) in [4.78, 5) is 37.8. The van der Waals surface area contributed by atoms with E-state index < -0.39 is 29.3 Å². The molecule has 0 radical (unpaired) electrons. The molecule has 7 nitrogen and oxygen atoms in total. The highest BCUT2D eigenvalue weighted by Gasteiger charge is 2.27. The average molecular weight is 452 g/mol. The quantitative estimate of drug-likeness (QED) is 0.341. The Morgan fingerprint density at radius 2 is 1.70 bits per heavy atom. The number of amides is 1. The molecule has 174 valence electrons. The van der Waals surface area contributed by atoms with Crippen molar-refractivity contribution < 1.29 is 23.5 Å². The van der Waals surface area contributed by atoms with Crippen LogP contribution in [-0.4, -0.2) is 23.7 Å². The van der Waals surface area contributed by atoms with Crippen LogP contribution in [0.3, 0.4) is 0 Å². The second-order valence-electron chi connectivity index (χ2n) is 9.09. The highest BCUT2D eigenvalue weighted by atomic mass is 16.6. The van der Waals surface area contributed by atoms with Crippen molar-refractivity contribution in [1.82, 2.24) is 5.32 Å². The fourth-order valence-electron chi connectivity index (χ4n) is 3.44. The Balaban J connectivity index is 1.96. The average Bonchev–Trinajstić information content (AvgIpc) is 2.70. The maximum absolute atomic E-state index is 13.3.